The normalized spacial score (nSPS) is 15.3. The topological polar surface area (TPSA) is 47.3 Å². The van der Waals surface area contributed by atoms with E-state index in [-0.39, 0.29) is 5.56 Å². The first-order chi connectivity index (χ1) is 8.95. The van der Waals surface area contributed by atoms with Gasteiger partial charge >= 0.3 is 6.18 Å². The Hall–Kier alpha value is -1.11. The number of nitrogens with one attached hydrogen (secondary N) is 1. The van der Waals surface area contributed by atoms with E-state index in [4.69, 9.17) is 10.6 Å². The van der Waals surface area contributed by atoms with Crippen LogP contribution in [0, 0.1) is 0 Å². The van der Waals surface area contributed by atoms with Crippen LogP contribution in [0.4, 0.5) is 13.2 Å². The fraction of sp³-hybridized carbons (Fsp3) is 0.538. The second kappa shape index (κ2) is 6.88. The molecule has 0 fully saturated rings. The Labute approximate surface area is 110 Å². The third-order valence-corrected chi connectivity index (χ3v) is 2.94. The Kier molecular flexibility index (Phi) is 5.78. The molecule has 3 N–H and O–H groups in total. The molecular weight excluding hydrogens is 257 g/mol. The van der Waals surface area contributed by atoms with Crippen molar-refractivity contribution in [1.82, 2.24) is 5.43 Å². The van der Waals surface area contributed by atoms with Crippen LogP contribution >= 0.6 is 0 Å². The molecular formula is C13H19F3N2O. The summed E-state index contributed by atoms with van der Waals surface area (Å²) >= 11 is 0. The van der Waals surface area contributed by atoms with Crippen LogP contribution in [0.5, 0.6) is 0 Å². The predicted octanol–water partition coefficient (Wildman–Crippen LogP) is 3.02. The fourth-order valence-electron chi connectivity index (χ4n) is 2.09. The predicted molar refractivity (Wildman–Crippen MR) is 67.2 cm³/mol. The van der Waals surface area contributed by atoms with Crippen LogP contribution in [-0.4, -0.2) is 12.7 Å². The van der Waals surface area contributed by atoms with Crippen molar-refractivity contribution in [2.24, 2.45) is 5.84 Å². The summed E-state index contributed by atoms with van der Waals surface area (Å²) in [6.45, 7) is 4.07. The Balaban J connectivity index is 3.17. The van der Waals surface area contributed by atoms with Crippen molar-refractivity contribution >= 4 is 0 Å². The number of nitrogens with two attached hydrogens (primary N) is 1. The van der Waals surface area contributed by atoms with Crippen molar-refractivity contribution in [3.05, 3.63) is 35.4 Å². The van der Waals surface area contributed by atoms with Crippen LogP contribution < -0.4 is 11.3 Å². The first-order valence-electron chi connectivity index (χ1n) is 6.19. The molecule has 2 unspecified atom stereocenters. The molecule has 1 rings (SSSR count). The molecule has 0 amide bonds. The number of hydrogen-bond donors (Lipinski definition) is 2. The van der Waals surface area contributed by atoms with Crippen LogP contribution in [0.25, 0.3) is 0 Å². The lowest BCUT2D eigenvalue weighted by molar-refractivity contribution is -0.138. The lowest BCUT2D eigenvalue weighted by Gasteiger charge is -2.28. The zero-order valence-corrected chi connectivity index (χ0v) is 11.0. The van der Waals surface area contributed by atoms with E-state index in [0.717, 1.165) is 6.07 Å². The largest absolute Gasteiger partial charge is 0.416 e. The number of halogens is 3. The highest BCUT2D eigenvalue weighted by molar-refractivity contribution is 5.33. The quantitative estimate of drug-likeness (QED) is 0.620. The maximum Gasteiger partial charge on any atom is 0.416 e. The number of benzene rings is 1. The Morgan fingerprint density at radius 3 is 2.37 bits per heavy atom. The number of ether oxygens (including phenoxy) is 1. The summed E-state index contributed by atoms with van der Waals surface area (Å²) in [5.74, 6) is 5.43. The lowest BCUT2D eigenvalue weighted by Crippen LogP contribution is -2.39. The van der Waals surface area contributed by atoms with Crippen molar-refractivity contribution in [2.45, 2.75) is 38.6 Å². The molecule has 1 aromatic rings. The number of rotatable bonds is 6. The van der Waals surface area contributed by atoms with Crippen molar-refractivity contribution in [1.29, 1.82) is 0 Å². The molecule has 0 bridgehead atoms. The van der Waals surface area contributed by atoms with E-state index in [2.05, 4.69) is 5.43 Å². The molecule has 6 heteroatoms. The van der Waals surface area contributed by atoms with Crippen LogP contribution in [-0.2, 0) is 10.9 Å². The van der Waals surface area contributed by atoms with E-state index in [1.807, 2.05) is 6.92 Å². The van der Waals surface area contributed by atoms with Gasteiger partial charge in [-0.1, -0.05) is 25.1 Å². The first-order valence-corrected chi connectivity index (χ1v) is 6.19. The SMILES string of the molecule is CCOC(CC)C(NN)c1ccccc1C(F)(F)F. The van der Waals surface area contributed by atoms with Crippen LogP contribution in [0.3, 0.4) is 0 Å². The van der Waals surface area contributed by atoms with Crippen molar-refractivity contribution in [3.63, 3.8) is 0 Å². The van der Waals surface area contributed by atoms with Crippen LogP contribution in [0.2, 0.25) is 0 Å². The van der Waals surface area contributed by atoms with Crippen molar-refractivity contribution in [3.8, 4) is 0 Å². The molecule has 0 aliphatic heterocycles. The number of hydrazine groups is 1. The maximum atomic E-state index is 13.0. The van der Waals surface area contributed by atoms with E-state index in [0.29, 0.717) is 13.0 Å². The van der Waals surface area contributed by atoms with Crippen LogP contribution in [0.15, 0.2) is 24.3 Å². The smallest absolute Gasteiger partial charge is 0.376 e. The van der Waals surface area contributed by atoms with Gasteiger partial charge in [0.05, 0.1) is 17.7 Å². The Morgan fingerprint density at radius 2 is 1.89 bits per heavy atom. The van der Waals surface area contributed by atoms with E-state index in [1.165, 1.54) is 12.1 Å². The summed E-state index contributed by atoms with van der Waals surface area (Å²) in [6, 6.07) is 4.71. The first kappa shape index (κ1) is 15.9. The van der Waals surface area contributed by atoms with E-state index in [1.54, 1.807) is 13.0 Å². The van der Waals surface area contributed by atoms with Gasteiger partial charge in [0.1, 0.15) is 0 Å². The average molecular weight is 276 g/mol. The monoisotopic (exact) mass is 276 g/mol. The summed E-state index contributed by atoms with van der Waals surface area (Å²) in [7, 11) is 0. The minimum atomic E-state index is -4.41. The highest BCUT2D eigenvalue weighted by atomic mass is 19.4. The van der Waals surface area contributed by atoms with Gasteiger partial charge in [-0.05, 0) is 25.0 Å². The number of alkyl halides is 3. The molecule has 0 aliphatic rings. The second-order valence-electron chi connectivity index (χ2n) is 4.13. The van der Waals surface area contributed by atoms with Gasteiger partial charge < -0.3 is 4.74 Å². The summed E-state index contributed by atoms with van der Waals surface area (Å²) in [5.41, 5.74) is 1.87. The van der Waals surface area contributed by atoms with Gasteiger partial charge in [-0.15, -0.1) is 0 Å². The van der Waals surface area contributed by atoms with Crippen molar-refractivity contribution in [2.75, 3.05) is 6.61 Å². The van der Waals surface area contributed by atoms with Gasteiger partial charge in [0.15, 0.2) is 0 Å². The molecule has 0 saturated heterocycles. The van der Waals surface area contributed by atoms with Gasteiger partial charge in [-0.25, -0.2) is 0 Å². The van der Waals surface area contributed by atoms with Gasteiger partial charge in [0.2, 0.25) is 0 Å². The summed E-state index contributed by atoms with van der Waals surface area (Å²) in [5, 5.41) is 0. The molecule has 0 aliphatic carbocycles. The van der Waals surface area contributed by atoms with Gasteiger partial charge in [0, 0.05) is 6.61 Å². The maximum absolute atomic E-state index is 13.0. The molecule has 3 nitrogen and oxygen atoms in total. The molecule has 108 valence electrons. The summed E-state index contributed by atoms with van der Waals surface area (Å²) in [4.78, 5) is 0. The molecule has 0 heterocycles. The molecule has 0 spiro atoms. The third-order valence-electron chi connectivity index (χ3n) is 2.94. The average Bonchev–Trinajstić information content (AvgIpc) is 2.38. The summed E-state index contributed by atoms with van der Waals surface area (Å²) < 4.78 is 44.4. The van der Waals surface area contributed by atoms with Gasteiger partial charge in [-0.3, -0.25) is 11.3 Å². The standard InChI is InChI=1S/C13H19F3N2O/c1-3-11(19-4-2)12(18-17)9-7-5-6-8-10(9)13(14,15)16/h5-8,11-12,18H,3-4,17H2,1-2H3. The minimum Gasteiger partial charge on any atom is -0.376 e. The van der Waals surface area contributed by atoms with E-state index < -0.39 is 23.9 Å². The zero-order valence-electron chi connectivity index (χ0n) is 11.0. The highest BCUT2D eigenvalue weighted by Crippen LogP contribution is 2.36. The lowest BCUT2D eigenvalue weighted by atomic mass is 9.95. The summed E-state index contributed by atoms with van der Waals surface area (Å²) in [6.07, 6.45) is -4.25. The number of hydrogen-bond acceptors (Lipinski definition) is 3. The molecule has 0 aromatic heterocycles. The molecule has 2 atom stereocenters. The van der Waals surface area contributed by atoms with E-state index >= 15 is 0 Å². The van der Waals surface area contributed by atoms with E-state index in [9.17, 15) is 13.2 Å². The van der Waals surface area contributed by atoms with Crippen LogP contribution in [0.1, 0.15) is 37.4 Å². The Morgan fingerprint density at radius 1 is 1.26 bits per heavy atom. The highest BCUT2D eigenvalue weighted by Gasteiger charge is 2.36. The fourth-order valence-corrected chi connectivity index (χ4v) is 2.09. The molecule has 0 radical (unpaired) electrons. The molecule has 1 aromatic carbocycles. The zero-order chi connectivity index (χ0) is 14.5. The second-order valence-corrected chi connectivity index (χ2v) is 4.13. The third kappa shape index (κ3) is 3.92. The minimum absolute atomic E-state index is 0.109. The van der Waals surface area contributed by atoms with Crippen molar-refractivity contribution < 1.29 is 17.9 Å². The molecule has 0 saturated carbocycles. The van der Waals surface area contributed by atoms with Gasteiger partial charge in [-0.2, -0.15) is 13.2 Å². The molecule has 19 heavy (non-hydrogen) atoms. The Bertz CT molecular complexity index is 396. The van der Waals surface area contributed by atoms with Gasteiger partial charge in [0.25, 0.3) is 0 Å².